The van der Waals surface area contributed by atoms with E-state index in [1.807, 2.05) is 6.92 Å². The van der Waals surface area contributed by atoms with Crippen LogP contribution in [0.3, 0.4) is 0 Å². The highest BCUT2D eigenvalue weighted by Crippen LogP contribution is 2.04. The van der Waals surface area contributed by atoms with Crippen LogP contribution < -0.4 is 5.32 Å². The van der Waals surface area contributed by atoms with Crippen LogP contribution in [0.25, 0.3) is 0 Å². The number of hydrogen-bond acceptors (Lipinski definition) is 5. The first kappa shape index (κ1) is 20.0. The summed E-state index contributed by atoms with van der Waals surface area (Å²) >= 11 is 0. The molecule has 1 rings (SSSR count). The molecule has 1 aromatic heterocycles. The maximum Gasteiger partial charge on any atom is 0.274 e. The van der Waals surface area contributed by atoms with Crippen LogP contribution in [0.15, 0.2) is 12.4 Å². The second kappa shape index (κ2) is 11.5. The van der Waals surface area contributed by atoms with E-state index in [1.54, 1.807) is 18.2 Å². The maximum atomic E-state index is 12.6. The van der Waals surface area contributed by atoms with Gasteiger partial charge in [0.05, 0.1) is 11.9 Å². The smallest absolute Gasteiger partial charge is 0.274 e. The third-order valence-electron chi connectivity index (χ3n) is 3.53. The van der Waals surface area contributed by atoms with Crippen LogP contribution in [0.2, 0.25) is 0 Å². The zero-order valence-electron chi connectivity index (χ0n) is 14.9. The molecule has 0 fully saturated rings. The van der Waals surface area contributed by atoms with Crippen molar-refractivity contribution in [3.05, 3.63) is 23.8 Å². The molecule has 24 heavy (non-hydrogen) atoms. The second-order valence-corrected chi connectivity index (χ2v) is 5.64. The highest BCUT2D eigenvalue weighted by atomic mass is 16.5. The zero-order valence-corrected chi connectivity index (χ0v) is 14.9. The van der Waals surface area contributed by atoms with Gasteiger partial charge in [-0.05, 0) is 19.8 Å². The summed E-state index contributed by atoms with van der Waals surface area (Å²) in [6.45, 7) is 6.01. The number of nitrogens with one attached hydrogen (secondary N) is 1. The van der Waals surface area contributed by atoms with Gasteiger partial charge in [-0.1, -0.05) is 13.3 Å². The topological polar surface area (TPSA) is 84.4 Å². The van der Waals surface area contributed by atoms with Crippen molar-refractivity contribution in [2.24, 2.45) is 0 Å². The molecule has 0 aliphatic heterocycles. The van der Waals surface area contributed by atoms with Gasteiger partial charge in [-0.25, -0.2) is 4.98 Å². The fourth-order valence-corrected chi connectivity index (χ4v) is 2.11. The van der Waals surface area contributed by atoms with Crippen molar-refractivity contribution in [3.8, 4) is 0 Å². The van der Waals surface area contributed by atoms with Crippen LogP contribution in [0.4, 0.5) is 0 Å². The standard InChI is InChI=1S/C17H28N4O3/c1-4-5-8-18-16(22)7-10-21(9-6-11-24-3)17(23)15-13-19-14(2)12-20-15/h12-13H,4-11H2,1-3H3,(H,18,22). The molecule has 0 saturated carbocycles. The Kier molecular flexibility index (Phi) is 9.60. The van der Waals surface area contributed by atoms with Crippen molar-refractivity contribution in [2.75, 3.05) is 33.4 Å². The van der Waals surface area contributed by atoms with E-state index >= 15 is 0 Å². The lowest BCUT2D eigenvalue weighted by Gasteiger charge is -2.22. The van der Waals surface area contributed by atoms with Gasteiger partial charge in [0.15, 0.2) is 0 Å². The van der Waals surface area contributed by atoms with Gasteiger partial charge in [0, 0.05) is 46.0 Å². The number of nitrogens with zero attached hydrogens (tertiary/aromatic N) is 3. The Morgan fingerprint density at radius 1 is 1.21 bits per heavy atom. The Morgan fingerprint density at radius 2 is 2.00 bits per heavy atom. The summed E-state index contributed by atoms with van der Waals surface area (Å²) < 4.78 is 5.04. The minimum Gasteiger partial charge on any atom is -0.385 e. The fourth-order valence-electron chi connectivity index (χ4n) is 2.11. The minimum atomic E-state index is -0.208. The van der Waals surface area contributed by atoms with Gasteiger partial charge in [0.25, 0.3) is 5.91 Å². The number of aryl methyl sites for hydroxylation is 1. The predicted octanol–water partition coefficient (Wildman–Crippen LogP) is 1.57. The summed E-state index contributed by atoms with van der Waals surface area (Å²) in [5.74, 6) is -0.247. The molecule has 2 amide bonds. The largest absolute Gasteiger partial charge is 0.385 e. The number of amides is 2. The van der Waals surface area contributed by atoms with Gasteiger partial charge in [0.2, 0.25) is 5.91 Å². The Bertz CT molecular complexity index is 505. The maximum absolute atomic E-state index is 12.6. The van der Waals surface area contributed by atoms with Crippen molar-refractivity contribution >= 4 is 11.8 Å². The summed E-state index contributed by atoms with van der Waals surface area (Å²) in [4.78, 5) is 34.3. The molecule has 0 saturated heterocycles. The third-order valence-corrected chi connectivity index (χ3v) is 3.53. The van der Waals surface area contributed by atoms with Crippen molar-refractivity contribution in [2.45, 2.75) is 39.5 Å². The lowest BCUT2D eigenvalue weighted by Crippen LogP contribution is -2.37. The van der Waals surface area contributed by atoms with Gasteiger partial charge in [-0.2, -0.15) is 0 Å². The number of carbonyl (C=O) groups is 2. The summed E-state index contributed by atoms with van der Waals surface area (Å²) in [5.41, 5.74) is 1.05. The molecule has 1 aromatic rings. The van der Waals surface area contributed by atoms with Crippen molar-refractivity contribution in [1.29, 1.82) is 0 Å². The molecule has 7 heteroatoms. The highest BCUT2D eigenvalue weighted by Gasteiger charge is 2.18. The molecule has 0 spiro atoms. The first-order chi connectivity index (χ1) is 11.6. The average Bonchev–Trinajstić information content (AvgIpc) is 2.58. The van der Waals surface area contributed by atoms with E-state index in [2.05, 4.69) is 22.2 Å². The molecule has 134 valence electrons. The molecule has 0 bridgehead atoms. The van der Waals surface area contributed by atoms with Gasteiger partial charge in [0.1, 0.15) is 5.69 Å². The molecule has 0 aromatic carbocycles. The van der Waals surface area contributed by atoms with Crippen LogP contribution in [0.1, 0.15) is 48.8 Å². The molecular formula is C17H28N4O3. The molecule has 0 aliphatic carbocycles. The third kappa shape index (κ3) is 7.50. The van der Waals surface area contributed by atoms with E-state index in [1.165, 1.54) is 6.20 Å². The van der Waals surface area contributed by atoms with E-state index in [4.69, 9.17) is 4.74 Å². The van der Waals surface area contributed by atoms with E-state index < -0.39 is 0 Å². The molecule has 7 nitrogen and oxygen atoms in total. The van der Waals surface area contributed by atoms with Crippen molar-refractivity contribution in [3.63, 3.8) is 0 Å². The first-order valence-electron chi connectivity index (χ1n) is 8.42. The lowest BCUT2D eigenvalue weighted by atomic mass is 10.2. The van der Waals surface area contributed by atoms with Gasteiger partial charge < -0.3 is 15.0 Å². The molecule has 0 aliphatic rings. The van der Waals surface area contributed by atoms with E-state index in [9.17, 15) is 9.59 Å². The number of hydrogen-bond donors (Lipinski definition) is 1. The monoisotopic (exact) mass is 336 g/mol. The lowest BCUT2D eigenvalue weighted by molar-refractivity contribution is -0.121. The summed E-state index contributed by atoms with van der Waals surface area (Å²) in [6.07, 6.45) is 6.02. The van der Waals surface area contributed by atoms with E-state index in [0.717, 1.165) is 18.5 Å². The Labute approximate surface area is 143 Å². The Morgan fingerprint density at radius 3 is 2.62 bits per heavy atom. The molecule has 0 radical (unpaired) electrons. The van der Waals surface area contributed by atoms with Crippen LogP contribution in [0, 0.1) is 6.92 Å². The van der Waals surface area contributed by atoms with Crippen LogP contribution in [-0.2, 0) is 9.53 Å². The highest BCUT2D eigenvalue weighted by molar-refractivity contribution is 5.92. The number of ether oxygens (including phenoxy) is 1. The van der Waals surface area contributed by atoms with Crippen molar-refractivity contribution < 1.29 is 14.3 Å². The van der Waals surface area contributed by atoms with Gasteiger partial charge in [-0.15, -0.1) is 0 Å². The van der Waals surface area contributed by atoms with Crippen LogP contribution >= 0.6 is 0 Å². The van der Waals surface area contributed by atoms with E-state index in [-0.39, 0.29) is 18.2 Å². The van der Waals surface area contributed by atoms with Crippen molar-refractivity contribution in [1.82, 2.24) is 20.2 Å². The average molecular weight is 336 g/mol. The molecular weight excluding hydrogens is 308 g/mol. The SMILES string of the molecule is CCCCNC(=O)CCN(CCCOC)C(=O)c1cnc(C)cn1. The fraction of sp³-hybridized carbons (Fsp3) is 0.647. The quantitative estimate of drug-likeness (QED) is 0.620. The normalized spacial score (nSPS) is 10.5. The van der Waals surface area contributed by atoms with Gasteiger partial charge >= 0.3 is 0 Å². The Hall–Kier alpha value is -2.02. The molecule has 0 unspecified atom stereocenters. The molecule has 1 heterocycles. The number of carbonyl (C=O) groups excluding carboxylic acids is 2. The molecule has 1 N–H and O–H groups in total. The minimum absolute atomic E-state index is 0.0389. The predicted molar refractivity (Wildman–Crippen MR) is 91.7 cm³/mol. The number of rotatable bonds is 11. The first-order valence-corrected chi connectivity index (χ1v) is 8.42. The summed E-state index contributed by atoms with van der Waals surface area (Å²) in [5, 5.41) is 2.86. The van der Waals surface area contributed by atoms with Crippen LogP contribution in [0.5, 0.6) is 0 Å². The summed E-state index contributed by atoms with van der Waals surface area (Å²) in [6, 6.07) is 0. The number of methoxy groups -OCH3 is 1. The summed E-state index contributed by atoms with van der Waals surface area (Å²) in [7, 11) is 1.62. The second-order valence-electron chi connectivity index (χ2n) is 5.64. The number of aromatic nitrogens is 2. The zero-order chi connectivity index (χ0) is 17.8. The number of unbranched alkanes of at least 4 members (excludes halogenated alkanes) is 1. The van der Waals surface area contributed by atoms with E-state index in [0.29, 0.717) is 38.4 Å². The van der Waals surface area contributed by atoms with Crippen LogP contribution in [-0.4, -0.2) is 60.0 Å². The van der Waals surface area contributed by atoms with Gasteiger partial charge in [-0.3, -0.25) is 14.6 Å². The molecule has 0 atom stereocenters. The Balaban J connectivity index is 2.60.